The zero-order chi connectivity index (χ0) is 17.2. The molecule has 128 valence electrons. The number of nitrogens with zero attached hydrogens (tertiary/aromatic N) is 3. The Labute approximate surface area is 146 Å². The smallest absolute Gasteiger partial charge is 0.234 e. The van der Waals surface area contributed by atoms with E-state index in [0.29, 0.717) is 52.5 Å². The molecule has 0 saturated heterocycles. The zero-order valence-electron chi connectivity index (χ0n) is 13.0. The minimum atomic E-state index is -0.166. The van der Waals surface area contributed by atoms with E-state index in [9.17, 15) is 4.79 Å². The van der Waals surface area contributed by atoms with Crippen LogP contribution in [0.1, 0.15) is 0 Å². The molecule has 0 aliphatic carbocycles. The van der Waals surface area contributed by atoms with Crippen molar-refractivity contribution >= 4 is 40.3 Å². The standard InChI is InChI=1S/C15H14N6O3S/c16-13-12-14(18-7-17-13)21-15(20-12)25-6-11(22)19-8-1-2-9-10(5-8)24-4-3-23-9/h1-2,5,7H,3-4,6H2,(H,19,22)(H3,16,17,18,20,21). The lowest BCUT2D eigenvalue weighted by Crippen LogP contribution is -2.17. The number of thioether (sulfide) groups is 1. The number of nitrogen functional groups attached to an aromatic ring is 1. The molecule has 3 aromatic rings. The second-order valence-corrected chi connectivity index (χ2v) is 6.16. The number of H-pyrrole nitrogens is 1. The highest BCUT2D eigenvalue weighted by Crippen LogP contribution is 2.32. The van der Waals surface area contributed by atoms with Gasteiger partial charge in [-0.2, -0.15) is 0 Å². The van der Waals surface area contributed by atoms with Gasteiger partial charge in [0.1, 0.15) is 25.1 Å². The topological polar surface area (TPSA) is 128 Å². The van der Waals surface area contributed by atoms with Crippen molar-refractivity contribution in [3.05, 3.63) is 24.5 Å². The number of hydrogen-bond donors (Lipinski definition) is 3. The quantitative estimate of drug-likeness (QED) is 0.598. The lowest BCUT2D eigenvalue weighted by atomic mass is 10.2. The molecular weight excluding hydrogens is 344 g/mol. The molecule has 0 radical (unpaired) electrons. The maximum absolute atomic E-state index is 12.1. The Morgan fingerprint density at radius 1 is 1.28 bits per heavy atom. The molecule has 0 spiro atoms. The van der Waals surface area contributed by atoms with Gasteiger partial charge in [0.05, 0.1) is 5.75 Å². The highest BCUT2D eigenvalue weighted by molar-refractivity contribution is 7.99. The maximum Gasteiger partial charge on any atom is 0.234 e. The lowest BCUT2D eigenvalue weighted by Gasteiger charge is -2.18. The van der Waals surface area contributed by atoms with Crippen molar-refractivity contribution in [1.82, 2.24) is 19.9 Å². The first-order valence-electron chi connectivity index (χ1n) is 7.47. The average Bonchev–Trinajstić information content (AvgIpc) is 3.04. The summed E-state index contributed by atoms with van der Waals surface area (Å²) < 4.78 is 11.0. The van der Waals surface area contributed by atoms with Crippen LogP contribution in [0.4, 0.5) is 11.5 Å². The molecule has 0 atom stereocenters. The van der Waals surface area contributed by atoms with Crippen molar-refractivity contribution in [3.63, 3.8) is 0 Å². The maximum atomic E-state index is 12.1. The van der Waals surface area contributed by atoms with Gasteiger partial charge < -0.3 is 25.5 Å². The molecule has 4 rings (SSSR count). The van der Waals surface area contributed by atoms with Gasteiger partial charge in [-0.3, -0.25) is 4.79 Å². The zero-order valence-corrected chi connectivity index (χ0v) is 13.8. The number of aromatic amines is 1. The number of hydrogen-bond acceptors (Lipinski definition) is 8. The van der Waals surface area contributed by atoms with Gasteiger partial charge in [-0.25, -0.2) is 15.0 Å². The number of rotatable bonds is 4. The largest absolute Gasteiger partial charge is 0.486 e. The minimum absolute atomic E-state index is 0.166. The van der Waals surface area contributed by atoms with Crippen molar-refractivity contribution in [2.75, 3.05) is 30.0 Å². The lowest BCUT2D eigenvalue weighted by molar-refractivity contribution is -0.113. The first-order chi connectivity index (χ1) is 12.2. The Bertz CT molecular complexity index is 944. The molecule has 1 aromatic carbocycles. The second-order valence-electron chi connectivity index (χ2n) is 5.19. The minimum Gasteiger partial charge on any atom is -0.486 e. The van der Waals surface area contributed by atoms with Crippen LogP contribution in [-0.2, 0) is 4.79 Å². The number of ether oxygens (including phenoxy) is 2. The van der Waals surface area contributed by atoms with Gasteiger partial charge in [-0.05, 0) is 12.1 Å². The number of carbonyl (C=O) groups is 1. The number of carbonyl (C=O) groups excluding carboxylic acids is 1. The van der Waals surface area contributed by atoms with Crippen molar-refractivity contribution in [1.29, 1.82) is 0 Å². The third-order valence-corrected chi connectivity index (χ3v) is 4.34. The Kier molecular flexibility index (Phi) is 4.02. The molecule has 9 nitrogen and oxygen atoms in total. The van der Waals surface area contributed by atoms with E-state index in [1.54, 1.807) is 18.2 Å². The summed E-state index contributed by atoms with van der Waals surface area (Å²) in [4.78, 5) is 27.3. The van der Waals surface area contributed by atoms with E-state index in [1.165, 1.54) is 18.1 Å². The molecule has 1 amide bonds. The normalized spacial score (nSPS) is 13.0. The summed E-state index contributed by atoms with van der Waals surface area (Å²) in [5, 5.41) is 3.37. The van der Waals surface area contributed by atoms with Gasteiger partial charge in [0, 0.05) is 11.8 Å². The van der Waals surface area contributed by atoms with Crippen molar-refractivity contribution in [2.45, 2.75) is 5.16 Å². The molecule has 2 aromatic heterocycles. The second kappa shape index (κ2) is 6.48. The molecular formula is C15H14N6O3S. The molecule has 1 aliphatic rings. The molecule has 0 fully saturated rings. The van der Waals surface area contributed by atoms with Crippen molar-refractivity contribution < 1.29 is 14.3 Å². The monoisotopic (exact) mass is 358 g/mol. The van der Waals surface area contributed by atoms with Gasteiger partial charge >= 0.3 is 0 Å². The van der Waals surface area contributed by atoms with Crippen LogP contribution in [0.25, 0.3) is 11.2 Å². The van der Waals surface area contributed by atoms with Crippen LogP contribution >= 0.6 is 11.8 Å². The summed E-state index contributed by atoms with van der Waals surface area (Å²) in [5.74, 6) is 1.65. The molecule has 10 heteroatoms. The first-order valence-corrected chi connectivity index (χ1v) is 8.46. The Morgan fingerprint density at radius 2 is 2.12 bits per heavy atom. The molecule has 3 heterocycles. The number of fused-ring (bicyclic) bond motifs is 2. The third-order valence-electron chi connectivity index (χ3n) is 3.46. The highest BCUT2D eigenvalue weighted by atomic mass is 32.2. The fourth-order valence-corrected chi connectivity index (χ4v) is 3.01. The summed E-state index contributed by atoms with van der Waals surface area (Å²) in [6, 6.07) is 5.29. The van der Waals surface area contributed by atoms with Crippen molar-refractivity contribution in [2.24, 2.45) is 0 Å². The molecule has 0 bridgehead atoms. The third kappa shape index (κ3) is 3.29. The van der Waals surface area contributed by atoms with E-state index in [-0.39, 0.29) is 11.7 Å². The molecule has 0 unspecified atom stereocenters. The van der Waals surface area contributed by atoms with Crippen LogP contribution in [-0.4, -0.2) is 44.8 Å². The van der Waals surface area contributed by atoms with E-state index in [2.05, 4.69) is 25.3 Å². The Morgan fingerprint density at radius 3 is 2.96 bits per heavy atom. The van der Waals surface area contributed by atoms with E-state index >= 15 is 0 Å². The highest BCUT2D eigenvalue weighted by Gasteiger charge is 2.14. The summed E-state index contributed by atoms with van der Waals surface area (Å²) in [5.41, 5.74) is 7.44. The van der Waals surface area contributed by atoms with Crippen LogP contribution in [0, 0.1) is 0 Å². The number of anilines is 2. The molecule has 25 heavy (non-hydrogen) atoms. The van der Waals surface area contributed by atoms with Gasteiger partial charge in [0.15, 0.2) is 28.1 Å². The average molecular weight is 358 g/mol. The number of aromatic nitrogens is 4. The summed E-state index contributed by atoms with van der Waals surface area (Å²) in [7, 11) is 0. The van der Waals surface area contributed by atoms with Gasteiger partial charge in [0.2, 0.25) is 5.91 Å². The molecule has 4 N–H and O–H groups in total. The summed E-state index contributed by atoms with van der Waals surface area (Å²) in [6.07, 6.45) is 1.35. The van der Waals surface area contributed by atoms with Crippen LogP contribution < -0.4 is 20.5 Å². The fourth-order valence-electron chi connectivity index (χ4n) is 2.35. The fraction of sp³-hybridized carbons (Fsp3) is 0.200. The number of benzene rings is 1. The van der Waals surface area contributed by atoms with Gasteiger partial charge in [-0.15, -0.1) is 0 Å². The van der Waals surface area contributed by atoms with E-state index in [1.807, 2.05) is 0 Å². The number of amides is 1. The van der Waals surface area contributed by atoms with E-state index in [4.69, 9.17) is 15.2 Å². The van der Waals surface area contributed by atoms with E-state index < -0.39 is 0 Å². The van der Waals surface area contributed by atoms with Crippen LogP contribution in [0.2, 0.25) is 0 Å². The Balaban J connectivity index is 1.39. The van der Waals surface area contributed by atoms with E-state index in [0.717, 1.165) is 0 Å². The predicted molar refractivity (Wildman–Crippen MR) is 92.9 cm³/mol. The van der Waals surface area contributed by atoms with Crippen LogP contribution in [0.3, 0.4) is 0 Å². The van der Waals surface area contributed by atoms with Gasteiger partial charge in [0.25, 0.3) is 0 Å². The van der Waals surface area contributed by atoms with Crippen molar-refractivity contribution in [3.8, 4) is 11.5 Å². The Hall–Kier alpha value is -3.01. The van der Waals surface area contributed by atoms with Crippen LogP contribution in [0.5, 0.6) is 11.5 Å². The van der Waals surface area contributed by atoms with Crippen LogP contribution in [0.15, 0.2) is 29.7 Å². The number of nitrogens with one attached hydrogen (secondary N) is 2. The number of imidazole rings is 1. The number of nitrogens with two attached hydrogens (primary N) is 1. The first kappa shape index (κ1) is 15.5. The predicted octanol–water partition coefficient (Wildman–Crippen LogP) is 1.44. The SMILES string of the molecule is Nc1ncnc2nc(SCC(=O)Nc3ccc4c(c3)OCCO4)[nH]c12. The summed E-state index contributed by atoms with van der Waals surface area (Å²) in [6.45, 7) is 1.03. The molecule has 0 saturated carbocycles. The molecule has 1 aliphatic heterocycles. The summed E-state index contributed by atoms with van der Waals surface area (Å²) >= 11 is 1.25. The van der Waals surface area contributed by atoms with Gasteiger partial charge in [-0.1, -0.05) is 11.8 Å².